The van der Waals surface area contributed by atoms with E-state index in [0.29, 0.717) is 5.56 Å². The van der Waals surface area contributed by atoms with Gasteiger partial charge in [-0.2, -0.15) is 0 Å². The van der Waals surface area contributed by atoms with Gasteiger partial charge in [0.2, 0.25) is 5.78 Å². The van der Waals surface area contributed by atoms with Crippen molar-refractivity contribution in [2.45, 2.75) is 53.1 Å². The molecule has 8 nitrogen and oxygen atoms in total. The Morgan fingerprint density at radius 3 is 2.41 bits per heavy atom. The number of fused-ring (bicyclic) bond motifs is 3. The summed E-state index contributed by atoms with van der Waals surface area (Å²) in [6.07, 6.45) is 5.03. The second-order valence-corrected chi connectivity index (χ2v) is 8.61. The maximum Gasteiger partial charge on any atom is 0.308 e. The first-order valence-corrected chi connectivity index (χ1v) is 10.8. The monoisotopic (exact) mass is 468 g/mol. The summed E-state index contributed by atoms with van der Waals surface area (Å²) in [4.78, 5) is 49.2. The molecule has 3 rings (SSSR count). The van der Waals surface area contributed by atoms with Crippen LogP contribution in [-0.2, 0) is 24.5 Å². The van der Waals surface area contributed by atoms with Gasteiger partial charge < -0.3 is 18.9 Å². The van der Waals surface area contributed by atoms with Crippen LogP contribution in [-0.4, -0.2) is 43.3 Å². The Morgan fingerprint density at radius 1 is 1.15 bits per heavy atom. The standard InChI is InChI=1S/C26H28O8/c1-13(12-32-16(4)27)9-8-10-26(6)15(3)33-25-20-18(11-19(21(25)26)34-17(5)28)23(30)24(31-7)14(2)22(20)29/h8-11,15H,12H2,1-7H3/b10-8+,13-9+. The van der Waals surface area contributed by atoms with Gasteiger partial charge in [0.15, 0.2) is 11.5 Å². The first-order chi connectivity index (χ1) is 15.9. The lowest BCUT2D eigenvalue weighted by molar-refractivity contribution is -0.140. The van der Waals surface area contributed by atoms with Crippen molar-refractivity contribution in [2.75, 3.05) is 13.7 Å². The van der Waals surface area contributed by atoms with Crippen LogP contribution in [0, 0.1) is 0 Å². The predicted molar refractivity (Wildman–Crippen MR) is 123 cm³/mol. The van der Waals surface area contributed by atoms with Gasteiger partial charge >= 0.3 is 11.9 Å². The number of allylic oxidation sites excluding steroid dienone is 4. The Morgan fingerprint density at radius 2 is 1.82 bits per heavy atom. The van der Waals surface area contributed by atoms with Gasteiger partial charge in [-0.05, 0) is 39.3 Å². The van der Waals surface area contributed by atoms with Crippen LogP contribution >= 0.6 is 0 Å². The third-order valence-corrected chi connectivity index (χ3v) is 6.07. The van der Waals surface area contributed by atoms with E-state index in [4.69, 9.17) is 18.9 Å². The first kappa shape index (κ1) is 25.0. The summed E-state index contributed by atoms with van der Waals surface area (Å²) in [5.74, 6) is -1.47. The van der Waals surface area contributed by atoms with E-state index in [0.717, 1.165) is 5.57 Å². The van der Waals surface area contributed by atoms with E-state index in [1.807, 2.05) is 26.8 Å². The second kappa shape index (κ2) is 9.29. The molecule has 2 atom stereocenters. The minimum absolute atomic E-state index is 0.0479. The normalized spacial score (nSPS) is 21.9. The highest BCUT2D eigenvalue weighted by Crippen LogP contribution is 2.53. The SMILES string of the molecule is COC1=C(C)C(=O)c2c(cc(OC(C)=O)c3c2OC(C)C3(C)/C=C/C=C(\C)COC(C)=O)C1=O. The number of esters is 2. The van der Waals surface area contributed by atoms with E-state index in [1.165, 1.54) is 33.9 Å². The summed E-state index contributed by atoms with van der Waals surface area (Å²) in [5, 5.41) is 0. The minimum atomic E-state index is -0.796. The Balaban J connectivity index is 2.17. The molecule has 34 heavy (non-hydrogen) atoms. The van der Waals surface area contributed by atoms with Crippen LogP contribution in [0.5, 0.6) is 11.5 Å². The van der Waals surface area contributed by atoms with Crippen LogP contribution in [0.3, 0.4) is 0 Å². The van der Waals surface area contributed by atoms with Crippen molar-refractivity contribution in [3.63, 3.8) is 0 Å². The number of benzene rings is 1. The Labute approximate surface area is 198 Å². The van der Waals surface area contributed by atoms with Crippen LogP contribution in [0.15, 0.2) is 41.2 Å². The molecule has 1 aliphatic carbocycles. The molecular weight excluding hydrogens is 440 g/mol. The summed E-state index contributed by atoms with van der Waals surface area (Å²) in [6.45, 7) is 9.85. The van der Waals surface area contributed by atoms with E-state index in [1.54, 1.807) is 12.2 Å². The highest BCUT2D eigenvalue weighted by atomic mass is 16.5. The number of Topliss-reactive ketones (excluding diaryl/α,β-unsaturated/α-hetero) is 2. The zero-order valence-corrected chi connectivity index (χ0v) is 20.4. The van der Waals surface area contributed by atoms with Gasteiger partial charge in [0.1, 0.15) is 24.2 Å². The Bertz CT molecular complexity index is 1180. The molecule has 0 bridgehead atoms. The fraction of sp³-hybridized carbons (Fsp3) is 0.385. The van der Waals surface area contributed by atoms with E-state index in [2.05, 4.69) is 0 Å². The zero-order valence-electron chi connectivity index (χ0n) is 20.4. The van der Waals surface area contributed by atoms with Crippen LogP contribution in [0.2, 0.25) is 0 Å². The molecule has 0 saturated heterocycles. The molecule has 0 aromatic heterocycles. The summed E-state index contributed by atoms with van der Waals surface area (Å²) in [5.41, 5.74) is 0.925. The van der Waals surface area contributed by atoms with E-state index < -0.39 is 23.3 Å². The first-order valence-electron chi connectivity index (χ1n) is 10.8. The molecule has 0 radical (unpaired) electrons. The minimum Gasteiger partial charge on any atom is -0.492 e. The van der Waals surface area contributed by atoms with Crippen molar-refractivity contribution >= 4 is 23.5 Å². The summed E-state index contributed by atoms with van der Waals surface area (Å²) >= 11 is 0. The summed E-state index contributed by atoms with van der Waals surface area (Å²) in [6, 6.07) is 1.41. The van der Waals surface area contributed by atoms with Gasteiger partial charge in [-0.15, -0.1) is 0 Å². The fourth-order valence-corrected chi connectivity index (χ4v) is 4.13. The number of rotatable bonds is 6. The zero-order chi connectivity index (χ0) is 25.4. The lowest BCUT2D eigenvalue weighted by Gasteiger charge is -2.26. The molecule has 180 valence electrons. The van der Waals surface area contributed by atoms with Crippen LogP contribution in [0.25, 0.3) is 0 Å². The number of methoxy groups -OCH3 is 1. The highest BCUT2D eigenvalue weighted by Gasteiger charge is 2.48. The van der Waals surface area contributed by atoms with Crippen molar-refractivity contribution in [3.05, 3.63) is 57.9 Å². The Kier molecular flexibility index (Phi) is 6.82. The number of hydrogen-bond acceptors (Lipinski definition) is 8. The van der Waals surface area contributed by atoms with Gasteiger partial charge in [-0.1, -0.05) is 18.2 Å². The average Bonchev–Trinajstić information content (AvgIpc) is 3.01. The number of carbonyl (C=O) groups is 4. The molecule has 0 spiro atoms. The smallest absolute Gasteiger partial charge is 0.308 e. The van der Waals surface area contributed by atoms with Gasteiger partial charge in [0, 0.05) is 25.0 Å². The van der Waals surface area contributed by atoms with Crippen LogP contribution < -0.4 is 9.47 Å². The van der Waals surface area contributed by atoms with Crippen molar-refractivity contribution in [2.24, 2.45) is 0 Å². The number of hydrogen-bond donors (Lipinski definition) is 0. The molecule has 0 saturated carbocycles. The topological polar surface area (TPSA) is 105 Å². The molecule has 2 unspecified atom stereocenters. The quantitative estimate of drug-likeness (QED) is 0.350. The predicted octanol–water partition coefficient (Wildman–Crippen LogP) is 4.02. The number of ether oxygens (including phenoxy) is 4. The van der Waals surface area contributed by atoms with Gasteiger partial charge in [0.25, 0.3) is 0 Å². The number of carbonyl (C=O) groups excluding carboxylic acids is 4. The maximum absolute atomic E-state index is 13.2. The largest absolute Gasteiger partial charge is 0.492 e. The molecule has 1 aromatic carbocycles. The van der Waals surface area contributed by atoms with Crippen molar-refractivity contribution < 1.29 is 38.1 Å². The molecule has 0 amide bonds. The van der Waals surface area contributed by atoms with E-state index in [-0.39, 0.29) is 52.3 Å². The lowest BCUT2D eigenvalue weighted by Crippen LogP contribution is -2.31. The van der Waals surface area contributed by atoms with E-state index >= 15 is 0 Å². The summed E-state index contributed by atoms with van der Waals surface area (Å²) < 4.78 is 21.8. The Hall–Kier alpha value is -3.68. The molecule has 1 aliphatic heterocycles. The van der Waals surface area contributed by atoms with Gasteiger partial charge in [-0.25, -0.2) is 0 Å². The van der Waals surface area contributed by atoms with Gasteiger partial charge in [0.05, 0.1) is 23.7 Å². The fourth-order valence-electron chi connectivity index (χ4n) is 4.13. The molecular formula is C26H28O8. The van der Waals surface area contributed by atoms with Crippen LogP contribution in [0.1, 0.15) is 67.8 Å². The molecule has 1 heterocycles. The van der Waals surface area contributed by atoms with E-state index in [9.17, 15) is 19.2 Å². The number of ketones is 2. The van der Waals surface area contributed by atoms with Crippen molar-refractivity contribution in [1.29, 1.82) is 0 Å². The molecule has 0 N–H and O–H groups in total. The highest BCUT2D eigenvalue weighted by molar-refractivity contribution is 6.27. The van der Waals surface area contributed by atoms with Crippen LogP contribution in [0.4, 0.5) is 0 Å². The molecule has 0 fully saturated rings. The third kappa shape index (κ3) is 4.27. The summed E-state index contributed by atoms with van der Waals surface area (Å²) in [7, 11) is 1.33. The van der Waals surface area contributed by atoms with Gasteiger partial charge in [-0.3, -0.25) is 19.2 Å². The average molecular weight is 469 g/mol. The molecule has 2 aliphatic rings. The van der Waals surface area contributed by atoms with Crippen molar-refractivity contribution in [3.8, 4) is 11.5 Å². The van der Waals surface area contributed by atoms with Crippen molar-refractivity contribution in [1.82, 2.24) is 0 Å². The maximum atomic E-state index is 13.2. The third-order valence-electron chi connectivity index (χ3n) is 6.07. The molecule has 1 aromatic rings. The molecule has 8 heteroatoms. The lowest BCUT2D eigenvalue weighted by atomic mass is 9.76. The second-order valence-electron chi connectivity index (χ2n) is 8.61.